The Labute approximate surface area is 58.8 Å². The average Bonchev–Trinajstić information content (AvgIpc) is 1.67. The highest BCUT2D eigenvalue weighted by atomic mass is 32.2. The molecule has 0 N–H and O–H groups in total. The molecule has 0 rings (SSSR count). The van der Waals surface area contributed by atoms with Crippen LogP contribution in [0.3, 0.4) is 0 Å². The summed E-state index contributed by atoms with van der Waals surface area (Å²) in [7, 11) is 0. The van der Waals surface area contributed by atoms with Crippen molar-refractivity contribution in [3.63, 3.8) is 0 Å². The third kappa shape index (κ3) is 3.16. The number of ketones is 1. The second-order valence-corrected chi connectivity index (χ2v) is 3.08. The van der Waals surface area contributed by atoms with Gasteiger partial charge in [0.1, 0.15) is 4.20 Å². The van der Waals surface area contributed by atoms with Crippen LogP contribution in [-0.4, -0.2) is 15.7 Å². The maximum atomic E-state index is 10.3. The van der Waals surface area contributed by atoms with E-state index in [2.05, 4.69) is 19.1 Å². The first-order valence-corrected chi connectivity index (χ1v) is 3.61. The summed E-state index contributed by atoms with van der Waals surface area (Å²) >= 11 is 5.99. The minimum atomic E-state index is -0.244. The van der Waals surface area contributed by atoms with Gasteiger partial charge in [-0.2, -0.15) is 0 Å². The molecule has 0 bridgehead atoms. The molecule has 0 heterocycles. The lowest BCUT2D eigenvalue weighted by Crippen LogP contribution is -2.01. The number of thiocarbonyl (C=S) groups is 1. The van der Waals surface area contributed by atoms with E-state index in [9.17, 15) is 4.79 Å². The van der Waals surface area contributed by atoms with Crippen molar-refractivity contribution in [1.29, 1.82) is 0 Å². The molecule has 3 heteroatoms. The molecular formula is C5H7OS2. The second-order valence-electron chi connectivity index (χ2n) is 1.14. The monoisotopic (exact) mass is 147 g/mol. The fourth-order valence-electron chi connectivity index (χ4n) is 0.212. The molecule has 0 aliphatic heterocycles. The molecule has 0 unspecified atom stereocenters. The first-order chi connectivity index (χ1) is 3.68. The van der Waals surface area contributed by atoms with Gasteiger partial charge in [-0.1, -0.05) is 19.1 Å². The van der Waals surface area contributed by atoms with Crippen LogP contribution in [0.2, 0.25) is 0 Å². The number of Topliss-reactive ketones (excluding diaryl/α,β-unsaturated/α-hetero) is 1. The topological polar surface area (TPSA) is 17.1 Å². The predicted octanol–water partition coefficient (Wildman–Crippen LogP) is 1.47. The Balaban J connectivity index is 3.49. The molecule has 0 atom stereocenters. The molecule has 1 nitrogen and oxygen atoms in total. The second kappa shape index (κ2) is 4.04. The standard InChI is InChI=1S/C5H7OS2/c1-3-8-5(7)4(2)6/h2-3H2,1H3. The normalized spacial score (nSPS) is 8.75. The predicted molar refractivity (Wildman–Crippen MR) is 41.1 cm³/mol. The van der Waals surface area contributed by atoms with Gasteiger partial charge in [0, 0.05) is 6.92 Å². The Kier molecular flexibility index (Phi) is 4.09. The Morgan fingerprint density at radius 3 is 2.50 bits per heavy atom. The molecule has 8 heavy (non-hydrogen) atoms. The van der Waals surface area contributed by atoms with Gasteiger partial charge in [0.15, 0.2) is 5.78 Å². The summed E-state index contributed by atoms with van der Waals surface area (Å²) in [6.45, 7) is 5.10. The molecule has 0 saturated carbocycles. The SMILES string of the molecule is [CH2]C(=O)C(=S)SCC. The van der Waals surface area contributed by atoms with E-state index in [-0.39, 0.29) is 5.78 Å². The van der Waals surface area contributed by atoms with Gasteiger partial charge in [-0.3, -0.25) is 4.79 Å². The summed E-state index contributed by atoms with van der Waals surface area (Å²) in [6.07, 6.45) is 0. The molecule has 0 aliphatic rings. The largest absolute Gasteiger partial charge is 0.293 e. The van der Waals surface area contributed by atoms with Gasteiger partial charge < -0.3 is 0 Å². The first-order valence-electron chi connectivity index (χ1n) is 2.21. The molecule has 0 aromatic rings. The van der Waals surface area contributed by atoms with Crippen LogP contribution in [0.15, 0.2) is 0 Å². The average molecular weight is 147 g/mol. The number of hydrogen-bond donors (Lipinski definition) is 0. The van der Waals surface area contributed by atoms with Gasteiger partial charge in [0.2, 0.25) is 0 Å². The van der Waals surface area contributed by atoms with Gasteiger partial charge in [-0.05, 0) is 5.75 Å². The quantitative estimate of drug-likeness (QED) is 0.551. The zero-order chi connectivity index (χ0) is 6.57. The third-order valence-electron chi connectivity index (χ3n) is 0.503. The highest BCUT2D eigenvalue weighted by molar-refractivity contribution is 8.25. The van der Waals surface area contributed by atoms with E-state index in [0.717, 1.165) is 5.75 Å². The highest BCUT2D eigenvalue weighted by Crippen LogP contribution is 2.02. The number of thioether (sulfide) groups is 1. The molecule has 0 amide bonds. The van der Waals surface area contributed by atoms with Crippen molar-refractivity contribution in [3.8, 4) is 0 Å². The van der Waals surface area contributed by atoms with Crippen molar-refractivity contribution in [2.75, 3.05) is 5.75 Å². The fourth-order valence-corrected chi connectivity index (χ4v) is 0.988. The minimum absolute atomic E-state index is 0.244. The molecule has 0 spiro atoms. The van der Waals surface area contributed by atoms with E-state index in [4.69, 9.17) is 0 Å². The maximum absolute atomic E-state index is 10.3. The van der Waals surface area contributed by atoms with Crippen LogP contribution in [0.4, 0.5) is 0 Å². The van der Waals surface area contributed by atoms with Gasteiger partial charge in [0.25, 0.3) is 0 Å². The van der Waals surface area contributed by atoms with Gasteiger partial charge in [0.05, 0.1) is 0 Å². The molecule has 45 valence electrons. The number of carbonyl (C=O) groups is 1. The maximum Gasteiger partial charge on any atom is 0.180 e. The van der Waals surface area contributed by atoms with Crippen molar-refractivity contribution >= 4 is 34.0 Å². The van der Waals surface area contributed by atoms with Crippen molar-refractivity contribution < 1.29 is 4.79 Å². The lowest BCUT2D eigenvalue weighted by atomic mass is 10.5. The molecule has 0 aromatic heterocycles. The first kappa shape index (κ1) is 8.11. The van der Waals surface area contributed by atoms with Crippen LogP contribution in [0.25, 0.3) is 0 Å². The number of hydrogen-bond acceptors (Lipinski definition) is 3. The van der Waals surface area contributed by atoms with Gasteiger partial charge in [-0.15, -0.1) is 11.8 Å². The van der Waals surface area contributed by atoms with Crippen LogP contribution in [0.1, 0.15) is 6.92 Å². The minimum Gasteiger partial charge on any atom is -0.293 e. The van der Waals surface area contributed by atoms with E-state index in [0.29, 0.717) is 4.20 Å². The van der Waals surface area contributed by atoms with Crippen LogP contribution >= 0.6 is 24.0 Å². The summed E-state index contributed by atoms with van der Waals surface area (Å²) in [5, 5.41) is 0. The van der Waals surface area contributed by atoms with E-state index in [1.165, 1.54) is 11.8 Å². The zero-order valence-electron chi connectivity index (χ0n) is 4.64. The Morgan fingerprint density at radius 1 is 1.88 bits per heavy atom. The van der Waals surface area contributed by atoms with Crippen LogP contribution in [0, 0.1) is 6.92 Å². The van der Waals surface area contributed by atoms with Crippen molar-refractivity contribution in [2.45, 2.75) is 6.92 Å². The molecule has 1 radical (unpaired) electrons. The van der Waals surface area contributed by atoms with Gasteiger partial charge >= 0.3 is 0 Å². The molecule has 0 saturated heterocycles. The summed E-state index contributed by atoms with van der Waals surface area (Å²) < 4.78 is 0.382. The van der Waals surface area contributed by atoms with E-state index < -0.39 is 0 Å². The lowest BCUT2D eigenvalue weighted by Gasteiger charge is -1.90. The van der Waals surface area contributed by atoms with Crippen molar-refractivity contribution in [1.82, 2.24) is 0 Å². The van der Waals surface area contributed by atoms with Crippen molar-refractivity contribution in [3.05, 3.63) is 6.92 Å². The number of carbonyl (C=O) groups excluding carboxylic acids is 1. The van der Waals surface area contributed by atoms with Crippen LogP contribution < -0.4 is 0 Å². The van der Waals surface area contributed by atoms with Crippen LogP contribution in [0.5, 0.6) is 0 Å². The molecule has 0 aromatic carbocycles. The summed E-state index contributed by atoms with van der Waals surface area (Å²) in [4.78, 5) is 10.3. The Bertz CT molecular complexity index is 109. The van der Waals surface area contributed by atoms with Crippen molar-refractivity contribution in [2.24, 2.45) is 0 Å². The van der Waals surface area contributed by atoms with Crippen LogP contribution in [-0.2, 0) is 4.79 Å². The fraction of sp³-hybridized carbons (Fsp3) is 0.400. The van der Waals surface area contributed by atoms with Gasteiger partial charge in [-0.25, -0.2) is 0 Å². The van der Waals surface area contributed by atoms with E-state index >= 15 is 0 Å². The van der Waals surface area contributed by atoms with E-state index in [1.54, 1.807) is 0 Å². The molecule has 0 fully saturated rings. The summed E-state index contributed by atoms with van der Waals surface area (Å²) in [6, 6.07) is 0. The van der Waals surface area contributed by atoms with E-state index in [1.807, 2.05) is 6.92 Å². The highest BCUT2D eigenvalue weighted by Gasteiger charge is 1.99. The summed E-state index contributed by atoms with van der Waals surface area (Å²) in [5.41, 5.74) is 0. The Morgan fingerprint density at radius 2 is 2.38 bits per heavy atom. The smallest absolute Gasteiger partial charge is 0.180 e. The molecular weight excluding hydrogens is 140 g/mol. The zero-order valence-corrected chi connectivity index (χ0v) is 6.27. The summed E-state index contributed by atoms with van der Waals surface area (Å²) in [5.74, 6) is 0.604. The molecule has 0 aliphatic carbocycles. The Hall–Kier alpha value is 0.110. The number of rotatable bonds is 2. The third-order valence-corrected chi connectivity index (χ3v) is 1.86. The lowest BCUT2D eigenvalue weighted by molar-refractivity contribution is -0.108.